The molecule has 0 unspecified atom stereocenters. The molecule has 0 aliphatic carbocycles. The fourth-order valence-electron chi connectivity index (χ4n) is 1.03. The molecule has 96 valence electrons. The second-order valence-electron chi connectivity index (χ2n) is 5.47. The van der Waals surface area contributed by atoms with Crippen molar-refractivity contribution >= 4 is 17.7 Å². The molecule has 1 rings (SSSR count). The Morgan fingerprint density at radius 1 is 1.41 bits per heavy atom. The monoisotopic (exact) mass is 257 g/mol. The number of carboxylic acids is 1. The van der Waals surface area contributed by atoms with Gasteiger partial charge in [0.15, 0.2) is 0 Å². The van der Waals surface area contributed by atoms with Gasteiger partial charge in [0.2, 0.25) is 5.89 Å². The lowest BCUT2D eigenvalue weighted by Gasteiger charge is -2.17. The Morgan fingerprint density at radius 3 is 2.41 bits per heavy atom. The molecule has 0 radical (unpaired) electrons. The fourth-order valence-corrected chi connectivity index (χ4v) is 1.77. The highest BCUT2D eigenvalue weighted by atomic mass is 32.2. The Kier molecular flexibility index (Phi) is 3.91. The molecular weight excluding hydrogens is 238 g/mol. The van der Waals surface area contributed by atoms with Crippen molar-refractivity contribution in [2.24, 2.45) is 0 Å². The van der Waals surface area contributed by atoms with E-state index in [4.69, 9.17) is 9.52 Å². The van der Waals surface area contributed by atoms with Gasteiger partial charge >= 0.3 is 5.97 Å². The molecule has 1 aromatic heterocycles. The van der Waals surface area contributed by atoms with Crippen LogP contribution in [-0.2, 0) is 16.0 Å². The van der Waals surface area contributed by atoms with Crippen molar-refractivity contribution in [1.82, 2.24) is 4.98 Å². The van der Waals surface area contributed by atoms with Crippen molar-refractivity contribution in [3.05, 3.63) is 17.8 Å². The maximum absolute atomic E-state index is 10.9. The van der Waals surface area contributed by atoms with Crippen LogP contribution >= 0.6 is 11.8 Å². The van der Waals surface area contributed by atoms with Crippen LogP contribution in [0.5, 0.6) is 0 Å². The maximum atomic E-state index is 10.9. The minimum absolute atomic E-state index is 0.0712. The van der Waals surface area contributed by atoms with E-state index < -0.39 is 10.7 Å². The predicted molar refractivity (Wildman–Crippen MR) is 68.2 cm³/mol. The molecule has 17 heavy (non-hydrogen) atoms. The zero-order valence-corrected chi connectivity index (χ0v) is 11.7. The number of carboxylic acid groups (broad SMARTS) is 1. The van der Waals surface area contributed by atoms with E-state index in [2.05, 4.69) is 4.98 Å². The van der Waals surface area contributed by atoms with E-state index in [0.717, 1.165) is 5.76 Å². The molecule has 1 N–H and O–H groups in total. The van der Waals surface area contributed by atoms with Crippen LogP contribution in [0.4, 0.5) is 0 Å². The average molecular weight is 257 g/mol. The Balaban J connectivity index is 2.66. The second-order valence-corrected chi connectivity index (χ2v) is 7.07. The number of hydrogen-bond acceptors (Lipinski definition) is 4. The number of thioether (sulfide) groups is 1. The summed E-state index contributed by atoms with van der Waals surface area (Å²) in [4.78, 5) is 15.1. The summed E-state index contributed by atoms with van der Waals surface area (Å²) < 4.78 is 4.78. The number of oxazole rings is 1. The first-order chi connectivity index (χ1) is 7.63. The van der Waals surface area contributed by atoms with Crippen molar-refractivity contribution in [3.8, 4) is 0 Å². The number of aromatic nitrogens is 1. The third kappa shape index (κ3) is 3.77. The summed E-state index contributed by atoms with van der Waals surface area (Å²) in [5.41, 5.74) is -0.0712. The number of hydrogen-bond donors (Lipinski definition) is 1. The number of carbonyl (C=O) groups is 1. The molecule has 1 aromatic rings. The summed E-state index contributed by atoms with van der Waals surface area (Å²) in [5.74, 6) is 1.04. The molecule has 0 saturated carbocycles. The third-order valence-electron chi connectivity index (χ3n) is 2.36. The van der Waals surface area contributed by atoms with E-state index in [9.17, 15) is 4.79 Å². The van der Waals surface area contributed by atoms with Gasteiger partial charge in [0.1, 0.15) is 10.5 Å². The van der Waals surface area contributed by atoms with Crippen molar-refractivity contribution in [3.63, 3.8) is 0 Å². The fraction of sp³-hybridized carbons (Fsp3) is 0.667. The SMILES string of the molecule is CC(C)(SCc1ncc(C(C)(C)C)o1)C(=O)O. The third-order valence-corrected chi connectivity index (χ3v) is 3.65. The highest BCUT2D eigenvalue weighted by Gasteiger charge is 2.28. The summed E-state index contributed by atoms with van der Waals surface area (Å²) in [5, 5.41) is 8.98. The van der Waals surface area contributed by atoms with Crippen LogP contribution in [0, 0.1) is 0 Å². The molecule has 0 spiro atoms. The molecule has 1 heterocycles. The highest BCUT2D eigenvalue weighted by molar-refractivity contribution is 8.00. The Bertz CT molecular complexity index is 404. The van der Waals surface area contributed by atoms with Gasteiger partial charge in [0, 0.05) is 5.41 Å². The normalized spacial score (nSPS) is 12.8. The van der Waals surface area contributed by atoms with Crippen molar-refractivity contribution < 1.29 is 14.3 Å². The number of rotatable bonds is 4. The van der Waals surface area contributed by atoms with Crippen LogP contribution in [0.2, 0.25) is 0 Å². The topological polar surface area (TPSA) is 63.3 Å². The number of aliphatic carboxylic acids is 1. The molecule has 5 heteroatoms. The molecule has 0 saturated heterocycles. The van der Waals surface area contributed by atoms with Crippen molar-refractivity contribution in [2.75, 3.05) is 0 Å². The van der Waals surface area contributed by atoms with E-state index in [0.29, 0.717) is 11.6 Å². The second kappa shape index (κ2) is 4.72. The van der Waals surface area contributed by atoms with E-state index in [1.807, 2.05) is 20.8 Å². The van der Waals surface area contributed by atoms with Gasteiger partial charge in [-0.05, 0) is 13.8 Å². The Hall–Kier alpha value is -0.970. The zero-order valence-electron chi connectivity index (χ0n) is 10.9. The summed E-state index contributed by atoms with van der Waals surface area (Å²) in [7, 11) is 0. The van der Waals surface area contributed by atoms with E-state index >= 15 is 0 Å². The van der Waals surface area contributed by atoms with Gasteiger partial charge in [-0.15, -0.1) is 11.8 Å². The molecular formula is C12H19NO3S. The van der Waals surface area contributed by atoms with Gasteiger partial charge in [0.05, 0.1) is 11.9 Å². The van der Waals surface area contributed by atoms with E-state index in [1.165, 1.54) is 11.8 Å². The summed E-state index contributed by atoms with van der Waals surface area (Å²) in [6.07, 6.45) is 1.71. The highest BCUT2D eigenvalue weighted by Crippen LogP contribution is 2.29. The molecule has 0 bridgehead atoms. The molecule has 0 fully saturated rings. The van der Waals surface area contributed by atoms with Gasteiger partial charge in [-0.1, -0.05) is 20.8 Å². The van der Waals surface area contributed by atoms with Crippen LogP contribution in [0.3, 0.4) is 0 Å². The lowest BCUT2D eigenvalue weighted by atomic mass is 9.94. The molecule has 0 amide bonds. The molecule has 0 aliphatic rings. The summed E-state index contributed by atoms with van der Waals surface area (Å²) >= 11 is 1.31. The first-order valence-corrected chi connectivity index (χ1v) is 6.44. The summed E-state index contributed by atoms with van der Waals surface area (Å²) in [6.45, 7) is 9.49. The average Bonchev–Trinajstić information content (AvgIpc) is 2.62. The molecule has 0 aliphatic heterocycles. The zero-order chi connectivity index (χ0) is 13.3. The molecule has 0 aromatic carbocycles. The van der Waals surface area contributed by atoms with Crippen LogP contribution in [0.25, 0.3) is 0 Å². The smallest absolute Gasteiger partial charge is 0.319 e. The molecule has 0 atom stereocenters. The molecule has 4 nitrogen and oxygen atoms in total. The first-order valence-electron chi connectivity index (χ1n) is 5.45. The standard InChI is InChI=1S/C12H19NO3S/c1-11(2,3)8-6-13-9(16-8)7-17-12(4,5)10(14)15/h6H,7H2,1-5H3,(H,14,15). The van der Waals surface area contributed by atoms with Crippen LogP contribution in [-0.4, -0.2) is 20.8 Å². The maximum Gasteiger partial charge on any atom is 0.319 e. The minimum Gasteiger partial charge on any atom is -0.480 e. The van der Waals surface area contributed by atoms with Crippen LogP contribution in [0.1, 0.15) is 46.3 Å². The Morgan fingerprint density at radius 2 is 2.00 bits per heavy atom. The predicted octanol–water partition coefficient (Wildman–Crippen LogP) is 3.07. The van der Waals surface area contributed by atoms with Gasteiger partial charge in [-0.25, -0.2) is 4.98 Å². The minimum atomic E-state index is -0.829. The van der Waals surface area contributed by atoms with E-state index in [1.54, 1.807) is 20.0 Å². The quantitative estimate of drug-likeness (QED) is 0.898. The first kappa shape index (κ1) is 14.1. The summed E-state index contributed by atoms with van der Waals surface area (Å²) in [6, 6.07) is 0. The van der Waals surface area contributed by atoms with Crippen LogP contribution < -0.4 is 0 Å². The largest absolute Gasteiger partial charge is 0.480 e. The Labute approximate surface area is 106 Å². The van der Waals surface area contributed by atoms with E-state index in [-0.39, 0.29) is 5.41 Å². The van der Waals surface area contributed by atoms with Gasteiger partial charge in [-0.3, -0.25) is 4.79 Å². The number of nitrogens with zero attached hydrogens (tertiary/aromatic N) is 1. The van der Waals surface area contributed by atoms with Crippen molar-refractivity contribution in [1.29, 1.82) is 0 Å². The van der Waals surface area contributed by atoms with Crippen LogP contribution in [0.15, 0.2) is 10.6 Å². The van der Waals surface area contributed by atoms with Crippen molar-refractivity contribution in [2.45, 2.75) is 50.5 Å². The lowest BCUT2D eigenvalue weighted by Crippen LogP contribution is -2.27. The van der Waals surface area contributed by atoms with Gasteiger partial charge in [0.25, 0.3) is 0 Å². The van der Waals surface area contributed by atoms with Gasteiger partial charge < -0.3 is 9.52 Å². The lowest BCUT2D eigenvalue weighted by molar-refractivity contribution is -0.138. The van der Waals surface area contributed by atoms with Gasteiger partial charge in [-0.2, -0.15) is 0 Å².